The lowest BCUT2D eigenvalue weighted by Crippen LogP contribution is -2.38. The Labute approximate surface area is 120 Å². The molecule has 0 aromatic heterocycles. The number of nitrogens with zero attached hydrogens (tertiary/aromatic N) is 2. The van der Waals surface area contributed by atoms with Crippen molar-refractivity contribution in [3.05, 3.63) is 29.3 Å². The number of carbonyl (C=O) groups excluding carboxylic acids is 2. The molecule has 1 aliphatic rings. The zero-order valence-corrected chi connectivity index (χ0v) is 12.6. The van der Waals surface area contributed by atoms with Crippen molar-refractivity contribution in [1.29, 1.82) is 0 Å². The van der Waals surface area contributed by atoms with E-state index in [0.717, 1.165) is 11.3 Å². The molecule has 1 aromatic rings. The Morgan fingerprint density at radius 1 is 1.40 bits per heavy atom. The minimum Gasteiger partial charge on any atom is -0.345 e. The van der Waals surface area contributed by atoms with Gasteiger partial charge in [-0.15, -0.1) is 0 Å². The maximum Gasteiger partial charge on any atom is 0.239 e. The van der Waals surface area contributed by atoms with E-state index in [4.69, 9.17) is 0 Å². The van der Waals surface area contributed by atoms with Gasteiger partial charge in [0, 0.05) is 25.8 Å². The van der Waals surface area contributed by atoms with E-state index in [0.29, 0.717) is 19.5 Å². The lowest BCUT2D eigenvalue weighted by atomic mass is 10.1. The first-order chi connectivity index (χ1) is 9.45. The van der Waals surface area contributed by atoms with Crippen LogP contribution in [0.2, 0.25) is 0 Å². The Balaban J connectivity index is 2.21. The number of hydrogen-bond donors (Lipinski definition) is 0. The highest BCUT2D eigenvalue weighted by Gasteiger charge is 2.39. The smallest absolute Gasteiger partial charge is 0.239 e. The molecule has 0 bridgehead atoms. The van der Waals surface area contributed by atoms with Gasteiger partial charge in [-0.1, -0.05) is 17.7 Å². The zero-order chi connectivity index (χ0) is 14.9. The first-order valence-corrected chi connectivity index (χ1v) is 7.09. The predicted molar refractivity (Wildman–Crippen MR) is 79.7 cm³/mol. The van der Waals surface area contributed by atoms with E-state index in [1.54, 1.807) is 16.8 Å². The molecular formula is C16H22N2O2. The summed E-state index contributed by atoms with van der Waals surface area (Å²) in [5.74, 6) is -0.646. The maximum absolute atomic E-state index is 12.5. The molecule has 2 amide bonds. The van der Waals surface area contributed by atoms with Crippen LogP contribution in [-0.2, 0) is 9.59 Å². The molecule has 4 nitrogen and oxygen atoms in total. The average molecular weight is 274 g/mol. The van der Waals surface area contributed by atoms with Gasteiger partial charge in [0.05, 0.1) is 0 Å². The number of amides is 2. The summed E-state index contributed by atoms with van der Waals surface area (Å²) in [6.45, 7) is 7.20. The van der Waals surface area contributed by atoms with Crippen LogP contribution in [0.15, 0.2) is 18.2 Å². The third-order valence-electron chi connectivity index (χ3n) is 4.00. The molecule has 1 heterocycles. The van der Waals surface area contributed by atoms with E-state index in [1.165, 1.54) is 5.56 Å². The molecule has 1 aliphatic heterocycles. The Hall–Kier alpha value is -1.84. The molecule has 0 radical (unpaired) electrons. The predicted octanol–water partition coefficient (Wildman–Crippen LogP) is 2.13. The molecule has 0 N–H and O–H groups in total. The summed E-state index contributed by atoms with van der Waals surface area (Å²) in [7, 11) is 1.75. The van der Waals surface area contributed by atoms with Crippen molar-refractivity contribution in [3.8, 4) is 0 Å². The van der Waals surface area contributed by atoms with Gasteiger partial charge in [-0.05, 0) is 38.8 Å². The van der Waals surface area contributed by atoms with Crippen LogP contribution in [0.1, 0.15) is 24.5 Å². The largest absolute Gasteiger partial charge is 0.345 e. The van der Waals surface area contributed by atoms with E-state index >= 15 is 0 Å². The third kappa shape index (κ3) is 2.55. The fourth-order valence-corrected chi connectivity index (χ4v) is 2.68. The fraction of sp³-hybridized carbons (Fsp3) is 0.500. The van der Waals surface area contributed by atoms with Gasteiger partial charge in [0.25, 0.3) is 0 Å². The van der Waals surface area contributed by atoms with Crippen molar-refractivity contribution in [1.82, 2.24) is 4.90 Å². The summed E-state index contributed by atoms with van der Waals surface area (Å²) in [5, 5.41) is 0. The number of hydrogen-bond acceptors (Lipinski definition) is 2. The molecule has 2 rings (SSSR count). The van der Waals surface area contributed by atoms with Gasteiger partial charge in [0.1, 0.15) is 5.92 Å². The molecule has 4 heteroatoms. The molecule has 0 saturated carbocycles. The summed E-state index contributed by atoms with van der Waals surface area (Å²) in [6, 6.07) is 6.04. The lowest BCUT2D eigenvalue weighted by Gasteiger charge is -2.21. The normalized spacial score (nSPS) is 18.5. The van der Waals surface area contributed by atoms with E-state index < -0.39 is 5.92 Å². The second-order valence-corrected chi connectivity index (χ2v) is 5.47. The second kappa shape index (κ2) is 5.65. The highest BCUT2D eigenvalue weighted by molar-refractivity contribution is 6.09. The first kappa shape index (κ1) is 14.6. The van der Waals surface area contributed by atoms with Crippen LogP contribution in [0, 0.1) is 19.8 Å². The fourth-order valence-electron chi connectivity index (χ4n) is 2.68. The highest BCUT2D eigenvalue weighted by atomic mass is 16.2. The van der Waals surface area contributed by atoms with Gasteiger partial charge in [0.2, 0.25) is 11.8 Å². The van der Waals surface area contributed by atoms with Gasteiger partial charge in [-0.25, -0.2) is 0 Å². The number of benzene rings is 1. The Kier molecular flexibility index (Phi) is 4.12. The third-order valence-corrected chi connectivity index (χ3v) is 4.00. The average Bonchev–Trinajstić information content (AvgIpc) is 2.79. The van der Waals surface area contributed by atoms with Crippen molar-refractivity contribution >= 4 is 17.5 Å². The quantitative estimate of drug-likeness (QED) is 0.792. The number of rotatable bonds is 3. The Bertz CT molecular complexity index is 539. The lowest BCUT2D eigenvalue weighted by molar-refractivity contribution is -0.138. The molecule has 1 saturated heterocycles. The van der Waals surface area contributed by atoms with E-state index in [2.05, 4.69) is 6.07 Å². The molecule has 108 valence electrons. The molecule has 0 aliphatic carbocycles. The van der Waals surface area contributed by atoms with Gasteiger partial charge < -0.3 is 9.80 Å². The SMILES string of the molecule is CCN(C)C(=O)C1CCN(c2ccc(C)cc2C)C1=O. The first-order valence-electron chi connectivity index (χ1n) is 7.09. The van der Waals surface area contributed by atoms with Crippen LogP contribution in [0.5, 0.6) is 0 Å². The number of anilines is 1. The monoisotopic (exact) mass is 274 g/mol. The van der Waals surface area contributed by atoms with Crippen molar-refractivity contribution in [3.63, 3.8) is 0 Å². The van der Waals surface area contributed by atoms with Gasteiger partial charge in [-0.3, -0.25) is 9.59 Å². The number of carbonyl (C=O) groups is 2. The van der Waals surface area contributed by atoms with Crippen LogP contribution >= 0.6 is 0 Å². The second-order valence-electron chi connectivity index (χ2n) is 5.47. The van der Waals surface area contributed by atoms with Crippen molar-refractivity contribution in [2.45, 2.75) is 27.2 Å². The maximum atomic E-state index is 12.5. The zero-order valence-electron chi connectivity index (χ0n) is 12.6. The van der Waals surface area contributed by atoms with Gasteiger partial charge in [-0.2, -0.15) is 0 Å². The molecule has 1 fully saturated rings. The highest BCUT2D eigenvalue weighted by Crippen LogP contribution is 2.29. The molecule has 1 aromatic carbocycles. The van der Waals surface area contributed by atoms with E-state index in [9.17, 15) is 9.59 Å². The van der Waals surface area contributed by atoms with Crippen LogP contribution in [-0.4, -0.2) is 36.9 Å². The van der Waals surface area contributed by atoms with Crippen molar-refractivity contribution in [2.24, 2.45) is 5.92 Å². The standard InChI is InChI=1S/C16H22N2O2/c1-5-17(4)15(19)13-8-9-18(16(13)20)14-7-6-11(2)10-12(14)3/h6-7,10,13H,5,8-9H2,1-4H3. The summed E-state index contributed by atoms with van der Waals surface area (Å²) >= 11 is 0. The van der Waals surface area contributed by atoms with Crippen LogP contribution in [0.25, 0.3) is 0 Å². The summed E-state index contributed by atoms with van der Waals surface area (Å²) in [6.07, 6.45) is 0.606. The molecule has 0 spiro atoms. The minimum atomic E-state index is -0.513. The summed E-state index contributed by atoms with van der Waals surface area (Å²) in [4.78, 5) is 28.0. The van der Waals surface area contributed by atoms with E-state index in [-0.39, 0.29) is 11.8 Å². The van der Waals surface area contributed by atoms with E-state index in [1.807, 2.05) is 32.9 Å². The topological polar surface area (TPSA) is 40.6 Å². The van der Waals surface area contributed by atoms with Crippen LogP contribution < -0.4 is 4.90 Å². The molecule has 20 heavy (non-hydrogen) atoms. The molecule has 1 unspecified atom stereocenters. The van der Waals surface area contributed by atoms with Crippen molar-refractivity contribution in [2.75, 3.05) is 25.0 Å². The van der Waals surface area contributed by atoms with Crippen LogP contribution in [0.4, 0.5) is 5.69 Å². The minimum absolute atomic E-state index is 0.0650. The molecule has 1 atom stereocenters. The Morgan fingerprint density at radius 3 is 2.70 bits per heavy atom. The molecular weight excluding hydrogens is 252 g/mol. The number of aryl methyl sites for hydroxylation is 2. The van der Waals surface area contributed by atoms with Crippen LogP contribution in [0.3, 0.4) is 0 Å². The summed E-state index contributed by atoms with van der Waals surface area (Å²) < 4.78 is 0. The van der Waals surface area contributed by atoms with Gasteiger partial charge >= 0.3 is 0 Å². The Morgan fingerprint density at radius 2 is 2.10 bits per heavy atom. The van der Waals surface area contributed by atoms with Crippen molar-refractivity contribution < 1.29 is 9.59 Å². The van der Waals surface area contributed by atoms with Gasteiger partial charge in [0.15, 0.2) is 0 Å². The summed E-state index contributed by atoms with van der Waals surface area (Å²) in [5.41, 5.74) is 3.18.